The Hall–Kier alpha value is -4.24. The van der Waals surface area contributed by atoms with Crippen LogP contribution in [0.3, 0.4) is 0 Å². The number of anilines is 2. The third kappa shape index (κ3) is 9.20. The third-order valence-electron chi connectivity index (χ3n) is 5.41. The standard InChI is InChI=1S/C18H19NO7.C6H8N2O2S.C2H6O/c1-2-10-7-8-11-5-3-4-6-12(11)14(10)19-15(16(22)23)18(26,17(24)25)9-13(20)21;7-5-1-3-6(4-2-5)11(8,9)10;1-2-3/h3-8,15,19,26H,2,9H2,1H3,(H,20,21)(H,22,23)(H,24,25);1-4H,7H2,(H2,8,9,10);3H,2H2,1H3. The summed E-state index contributed by atoms with van der Waals surface area (Å²) in [5, 5.41) is 54.5. The Kier molecular flexibility index (Phi) is 12.5. The summed E-state index contributed by atoms with van der Waals surface area (Å²) < 4.78 is 21.4. The molecule has 0 aliphatic heterocycles. The number of aryl methyl sites for hydroxylation is 1. The van der Waals surface area contributed by atoms with Gasteiger partial charge in [0.15, 0.2) is 6.04 Å². The van der Waals surface area contributed by atoms with Crippen molar-refractivity contribution in [3.63, 3.8) is 0 Å². The van der Waals surface area contributed by atoms with Gasteiger partial charge in [-0.15, -0.1) is 0 Å². The Morgan fingerprint density at radius 1 is 0.950 bits per heavy atom. The lowest BCUT2D eigenvalue weighted by Crippen LogP contribution is -2.58. The number of carboxylic acid groups (broad SMARTS) is 3. The summed E-state index contributed by atoms with van der Waals surface area (Å²) in [5.41, 5.74) is 3.87. The molecule has 0 aromatic heterocycles. The number of hydrogen-bond acceptors (Lipinski definition) is 9. The Morgan fingerprint density at radius 2 is 1.50 bits per heavy atom. The number of nitrogen functional groups attached to an aromatic ring is 1. The number of nitrogens with two attached hydrogens (primary N) is 2. The van der Waals surface area contributed by atoms with E-state index in [-0.39, 0.29) is 11.5 Å². The molecule has 0 fully saturated rings. The van der Waals surface area contributed by atoms with E-state index in [1.807, 2.05) is 13.0 Å². The van der Waals surface area contributed by atoms with Crippen LogP contribution < -0.4 is 16.2 Å². The maximum Gasteiger partial charge on any atom is 0.339 e. The van der Waals surface area contributed by atoms with Crippen molar-refractivity contribution in [3.05, 3.63) is 66.2 Å². The van der Waals surface area contributed by atoms with Gasteiger partial charge in [0, 0.05) is 23.4 Å². The number of aliphatic carboxylic acids is 3. The summed E-state index contributed by atoms with van der Waals surface area (Å²) in [5.74, 6) is -5.24. The van der Waals surface area contributed by atoms with Gasteiger partial charge >= 0.3 is 17.9 Å². The number of carbonyl (C=O) groups is 3. The number of nitrogens with one attached hydrogen (secondary N) is 1. The second-order valence-electron chi connectivity index (χ2n) is 8.32. The van der Waals surface area contributed by atoms with Gasteiger partial charge in [0.1, 0.15) is 0 Å². The van der Waals surface area contributed by atoms with Crippen LogP contribution in [0.5, 0.6) is 0 Å². The summed E-state index contributed by atoms with van der Waals surface area (Å²) in [4.78, 5) is 34.3. The van der Waals surface area contributed by atoms with Crippen LogP contribution in [0.1, 0.15) is 25.8 Å². The molecule has 0 saturated heterocycles. The molecule has 3 aromatic rings. The van der Waals surface area contributed by atoms with Crippen LogP contribution in [0.15, 0.2) is 65.6 Å². The molecule has 0 aliphatic rings. The Morgan fingerprint density at radius 3 is 1.95 bits per heavy atom. The largest absolute Gasteiger partial charge is 0.481 e. The predicted octanol–water partition coefficient (Wildman–Crippen LogP) is 1.47. The van der Waals surface area contributed by atoms with Crippen LogP contribution in [-0.2, 0) is 30.8 Å². The van der Waals surface area contributed by atoms with Crippen molar-refractivity contribution in [3.8, 4) is 0 Å². The van der Waals surface area contributed by atoms with Gasteiger partial charge in [-0.2, -0.15) is 0 Å². The van der Waals surface area contributed by atoms with Crippen LogP contribution in [-0.4, -0.2) is 70.1 Å². The average molecular weight is 580 g/mol. The molecular weight excluding hydrogens is 546 g/mol. The number of aliphatic hydroxyl groups is 2. The Bertz CT molecular complexity index is 1430. The van der Waals surface area contributed by atoms with Crippen molar-refractivity contribution in [2.45, 2.75) is 43.2 Å². The van der Waals surface area contributed by atoms with Gasteiger partial charge in [-0.3, -0.25) is 4.79 Å². The molecule has 0 amide bonds. The molecule has 40 heavy (non-hydrogen) atoms. The normalized spacial score (nSPS) is 12.9. The fraction of sp³-hybridized carbons (Fsp3) is 0.269. The van der Waals surface area contributed by atoms with Gasteiger partial charge in [-0.25, -0.2) is 23.1 Å². The lowest BCUT2D eigenvalue weighted by molar-refractivity contribution is -0.171. The Labute approximate surface area is 230 Å². The fourth-order valence-electron chi connectivity index (χ4n) is 3.50. The summed E-state index contributed by atoms with van der Waals surface area (Å²) in [6.07, 6.45) is -0.748. The third-order valence-corrected chi connectivity index (χ3v) is 6.34. The highest BCUT2D eigenvalue weighted by Gasteiger charge is 2.50. The molecule has 3 rings (SSSR count). The molecule has 2 unspecified atom stereocenters. The number of fused-ring (bicyclic) bond motifs is 1. The summed E-state index contributed by atoms with van der Waals surface area (Å²) in [7, 11) is -3.58. The molecule has 14 heteroatoms. The maximum atomic E-state index is 11.7. The van der Waals surface area contributed by atoms with Crippen LogP contribution in [0.4, 0.5) is 11.4 Å². The van der Waals surface area contributed by atoms with E-state index in [2.05, 4.69) is 5.32 Å². The summed E-state index contributed by atoms with van der Waals surface area (Å²) in [6, 6.07) is 14.3. The molecule has 13 nitrogen and oxygen atoms in total. The van der Waals surface area contributed by atoms with Crippen molar-refractivity contribution in [1.82, 2.24) is 0 Å². The smallest absolute Gasteiger partial charge is 0.339 e. The number of aliphatic hydroxyl groups excluding tert-OH is 1. The number of benzene rings is 3. The summed E-state index contributed by atoms with van der Waals surface area (Å²) in [6.45, 7) is 3.77. The molecule has 10 N–H and O–H groups in total. The second-order valence-corrected chi connectivity index (χ2v) is 9.88. The number of primary sulfonamides is 1. The first kappa shape index (κ1) is 33.8. The monoisotopic (exact) mass is 579 g/mol. The summed E-state index contributed by atoms with van der Waals surface area (Å²) >= 11 is 0. The molecule has 0 radical (unpaired) electrons. The zero-order chi connectivity index (χ0) is 30.7. The minimum atomic E-state index is -3.58. The van der Waals surface area contributed by atoms with Crippen molar-refractivity contribution in [2.75, 3.05) is 17.7 Å². The first-order valence-electron chi connectivity index (χ1n) is 11.8. The highest BCUT2D eigenvalue weighted by Crippen LogP contribution is 2.31. The lowest BCUT2D eigenvalue weighted by Gasteiger charge is -2.30. The zero-order valence-corrected chi connectivity index (χ0v) is 22.6. The van der Waals surface area contributed by atoms with Gasteiger partial charge in [-0.05, 0) is 48.6 Å². The Balaban J connectivity index is 0.000000472. The van der Waals surface area contributed by atoms with Gasteiger partial charge in [0.25, 0.3) is 0 Å². The van der Waals surface area contributed by atoms with Crippen LogP contribution in [0, 0.1) is 0 Å². The molecule has 0 bridgehead atoms. The fourth-order valence-corrected chi connectivity index (χ4v) is 4.02. The number of sulfonamides is 1. The molecule has 0 aliphatic carbocycles. The average Bonchev–Trinajstić information content (AvgIpc) is 2.86. The zero-order valence-electron chi connectivity index (χ0n) is 21.8. The van der Waals surface area contributed by atoms with Gasteiger partial charge in [0.2, 0.25) is 15.6 Å². The van der Waals surface area contributed by atoms with Crippen molar-refractivity contribution >= 4 is 50.1 Å². The van der Waals surface area contributed by atoms with E-state index in [9.17, 15) is 38.1 Å². The molecule has 0 spiro atoms. The van der Waals surface area contributed by atoms with E-state index in [1.54, 1.807) is 37.3 Å². The van der Waals surface area contributed by atoms with E-state index in [0.717, 1.165) is 5.39 Å². The minimum absolute atomic E-state index is 0.0756. The van der Waals surface area contributed by atoms with Crippen LogP contribution in [0.25, 0.3) is 10.8 Å². The van der Waals surface area contributed by atoms with Crippen molar-refractivity contribution in [1.29, 1.82) is 0 Å². The highest BCUT2D eigenvalue weighted by molar-refractivity contribution is 7.89. The van der Waals surface area contributed by atoms with E-state index in [0.29, 0.717) is 28.7 Å². The van der Waals surface area contributed by atoms with E-state index >= 15 is 0 Å². The lowest BCUT2D eigenvalue weighted by atomic mass is 9.89. The van der Waals surface area contributed by atoms with Gasteiger partial charge < -0.3 is 36.6 Å². The highest BCUT2D eigenvalue weighted by atomic mass is 32.2. The van der Waals surface area contributed by atoms with Crippen molar-refractivity contribution < 1.29 is 48.3 Å². The predicted molar refractivity (Wildman–Crippen MR) is 148 cm³/mol. The molecular formula is C26H33N3O10S. The second kappa shape index (κ2) is 14.8. The molecule has 0 heterocycles. The molecule has 218 valence electrons. The van der Waals surface area contributed by atoms with E-state index in [4.69, 9.17) is 21.1 Å². The van der Waals surface area contributed by atoms with E-state index in [1.165, 1.54) is 24.3 Å². The van der Waals surface area contributed by atoms with Gasteiger partial charge in [-0.1, -0.05) is 43.3 Å². The van der Waals surface area contributed by atoms with E-state index < -0.39 is 46.0 Å². The quantitative estimate of drug-likeness (QED) is 0.168. The number of carboxylic acids is 3. The first-order valence-corrected chi connectivity index (χ1v) is 13.3. The molecule has 2 atom stereocenters. The van der Waals surface area contributed by atoms with Crippen molar-refractivity contribution in [2.24, 2.45) is 5.14 Å². The van der Waals surface area contributed by atoms with Gasteiger partial charge in [0.05, 0.1) is 11.3 Å². The SMILES string of the molecule is CCO.CCc1ccc2ccccc2c1NC(C(=O)O)C(O)(CC(=O)O)C(=O)O.Nc1ccc(S(N)(=O)=O)cc1. The van der Waals surface area contributed by atoms with Crippen LogP contribution in [0.2, 0.25) is 0 Å². The van der Waals surface area contributed by atoms with Crippen LogP contribution >= 0.6 is 0 Å². The minimum Gasteiger partial charge on any atom is -0.481 e. The number of rotatable bonds is 9. The first-order chi connectivity index (χ1) is 18.6. The topological polar surface area (TPSA) is 251 Å². The molecule has 0 saturated carbocycles. The maximum absolute atomic E-state index is 11.7. The molecule has 3 aromatic carbocycles. The number of hydrogen-bond donors (Lipinski definition) is 8.